The van der Waals surface area contributed by atoms with Crippen LogP contribution in [0.2, 0.25) is 0 Å². The molecule has 5 aromatic rings. The first-order valence-corrected chi connectivity index (χ1v) is 23.9. The number of allylic oxidation sites excluding steroid dienone is 1. The Bertz CT molecular complexity index is 2770. The van der Waals surface area contributed by atoms with E-state index < -0.39 is 23.2 Å². The van der Waals surface area contributed by atoms with E-state index in [-0.39, 0.29) is 17.7 Å². The number of aromatic nitrogens is 2. The maximum Gasteiger partial charge on any atom is 0.256 e. The highest BCUT2D eigenvalue weighted by atomic mass is 19.1. The van der Waals surface area contributed by atoms with Gasteiger partial charge in [-0.2, -0.15) is 0 Å². The van der Waals surface area contributed by atoms with E-state index in [2.05, 4.69) is 48.6 Å². The molecule has 0 spiro atoms. The molecule has 3 saturated heterocycles. The Labute approximate surface area is 400 Å². The van der Waals surface area contributed by atoms with Crippen LogP contribution in [0.3, 0.4) is 0 Å². The van der Waals surface area contributed by atoms with Gasteiger partial charge in [0.2, 0.25) is 17.7 Å². The predicted octanol–water partition coefficient (Wildman–Crippen LogP) is 6.62. The molecule has 0 bridgehead atoms. The van der Waals surface area contributed by atoms with Crippen LogP contribution in [0.25, 0.3) is 10.9 Å². The Kier molecular flexibility index (Phi) is 12.9. The molecule has 4 amide bonds. The van der Waals surface area contributed by atoms with Crippen molar-refractivity contribution in [1.82, 2.24) is 30.0 Å². The van der Waals surface area contributed by atoms with Crippen LogP contribution in [0.4, 0.5) is 27.3 Å². The Hall–Kier alpha value is -7.11. The molecule has 1 atom stereocenters. The zero-order valence-corrected chi connectivity index (χ0v) is 38.8. The number of hydrogen-bond donors (Lipinski definition) is 4. The van der Waals surface area contributed by atoms with E-state index in [1.807, 2.05) is 24.3 Å². The summed E-state index contributed by atoms with van der Waals surface area (Å²) in [7, 11) is 1.69. The zero-order chi connectivity index (χ0) is 47.6. The van der Waals surface area contributed by atoms with Gasteiger partial charge in [-0.1, -0.05) is 6.58 Å². The quantitative estimate of drug-likeness (QED) is 0.0828. The topological polar surface area (TPSA) is 174 Å². The predicted molar refractivity (Wildman–Crippen MR) is 261 cm³/mol. The van der Waals surface area contributed by atoms with Crippen molar-refractivity contribution in [3.8, 4) is 17.2 Å². The van der Waals surface area contributed by atoms with Gasteiger partial charge in [-0.25, -0.2) is 9.37 Å². The molecule has 1 aliphatic carbocycles. The lowest BCUT2D eigenvalue weighted by Crippen LogP contribution is -2.49. The summed E-state index contributed by atoms with van der Waals surface area (Å²) < 4.78 is 25.6. The van der Waals surface area contributed by atoms with Gasteiger partial charge in [-0.15, -0.1) is 0 Å². The summed E-state index contributed by atoms with van der Waals surface area (Å²) in [5.74, 6) is 1.78. The highest BCUT2D eigenvalue weighted by Gasteiger charge is 2.56. The summed E-state index contributed by atoms with van der Waals surface area (Å²) >= 11 is 0. The summed E-state index contributed by atoms with van der Waals surface area (Å²) in [5.41, 5.74) is 3.58. The molecule has 1 saturated carbocycles. The average Bonchev–Trinajstić information content (AvgIpc) is 4.12. The minimum Gasteiger partial charge on any atom is -0.495 e. The summed E-state index contributed by atoms with van der Waals surface area (Å²) in [6.45, 7) is 12.9. The molecule has 16 nitrogen and oxygen atoms in total. The summed E-state index contributed by atoms with van der Waals surface area (Å²) in [6, 6.07) is 21.5. The highest BCUT2D eigenvalue weighted by Crippen LogP contribution is 2.48. The third kappa shape index (κ3) is 9.92. The van der Waals surface area contributed by atoms with Crippen LogP contribution in [-0.2, 0) is 20.9 Å². The van der Waals surface area contributed by atoms with E-state index in [9.17, 15) is 23.6 Å². The number of ether oxygens (including phenoxy) is 2. The van der Waals surface area contributed by atoms with Crippen LogP contribution in [0.1, 0.15) is 54.6 Å². The highest BCUT2D eigenvalue weighted by molar-refractivity contribution is 6.17. The van der Waals surface area contributed by atoms with E-state index in [4.69, 9.17) is 19.4 Å². The van der Waals surface area contributed by atoms with E-state index in [0.29, 0.717) is 78.0 Å². The second kappa shape index (κ2) is 19.5. The van der Waals surface area contributed by atoms with Gasteiger partial charge < -0.3 is 45.4 Å². The van der Waals surface area contributed by atoms with E-state index in [1.165, 1.54) is 24.3 Å². The molecule has 6 heterocycles. The molecule has 5 aliphatic rings. The number of pyridine rings is 2. The Morgan fingerprint density at radius 2 is 1.55 bits per heavy atom. The number of piperidine rings is 2. The fourth-order valence-corrected chi connectivity index (χ4v) is 9.96. The Morgan fingerprint density at radius 1 is 0.855 bits per heavy atom. The van der Waals surface area contributed by atoms with E-state index >= 15 is 0 Å². The molecular formula is C52H57FN10O6. The first kappa shape index (κ1) is 45.7. The molecule has 3 aromatic carbocycles. The van der Waals surface area contributed by atoms with E-state index in [0.717, 1.165) is 99.9 Å². The van der Waals surface area contributed by atoms with Crippen LogP contribution in [0.15, 0.2) is 97.3 Å². The molecule has 4 fully saturated rings. The standard InChI is InChI=1S/C52H57FN10O6/c1-33-3-13-43(48(64)56-33)63-32-42-39(49(63)65)12-14-47(59-42)55-21-24-60-25-27-61(28-26-60)31-34-16-22-62(23-17-34)44-30-41-40(29-46(44)68-2)45(15-20-54-41)69-38-10-8-37(9-11-38)58-51(67)52(18-19-52)50(66)57-36-6-4-35(53)5-7-36/h4-12,14-15,20,29-30,34,43H,1,3,13,16-19,21-28,31-32H2,2H3,(H,55,59)(H,56,64)(H,57,66)(H,58,67). The van der Waals surface area contributed by atoms with Crippen molar-refractivity contribution in [2.45, 2.75) is 51.1 Å². The van der Waals surface area contributed by atoms with Gasteiger partial charge in [0.25, 0.3) is 5.91 Å². The maximum absolute atomic E-state index is 13.3. The lowest BCUT2D eigenvalue weighted by molar-refractivity contribution is -0.131. The smallest absolute Gasteiger partial charge is 0.256 e. The van der Waals surface area contributed by atoms with Crippen LogP contribution < -0.4 is 35.6 Å². The SMILES string of the molecule is C=C1CCC(N2Cc3nc(NCCN4CCN(CC5CCN(c6cc7nccc(Oc8ccc(NC(=O)C9(C(=O)Nc%10ccc(F)cc%10)CC9)cc8)c7cc6OC)CC5)CC4)ccc3C2=O)C(=O)N1. The Morgan fingerprint density at radius 3 is 2.23 bits per heavy atom. The maximum atomic E-state index is 13.3. The number of carbonyl (C=O) groups is 4. The fraction of sp³-hybridized carbons (Fsp3) is 0.385. The van der Waals surface area contributed by atoms with Crippen molar-refractivity contribution >= 4 is 57.4 Å². The number of carbonyl (C=O) groups excluding carboxylic acids is 4. The van der Waals surface area contributed by atoms with Gasteiger partial charge in [0.15, 0.2) is 0 Å². The van der Waals surface area contributed by atoms with Gasteiger partial charge in [0.1, 0.15) is 40.3 Å². The van der Waals surface area contributed by atoms with Crippen molar-refractivity contribution in [2.24, 2.45) is 11.3 Å². The van der Waals surface area contributed by atoms with Crippen molar-refractivity contribution in [3.05, 3.63) is 114 Å². The molecule has 10 rings (SSSR count). The molecule has 4 N–H and O–H groups in total. The largest absolute Gasteiger partial charge is 0.495 e. The second-order valence-corrected chi connectivity index (χ2v) is 18.7. The summed E-state index contributed by atoms with van der Waals surface area (Å²) in [5, 5.41) is 12.7. The van der Waals surface area contributed by atoms with Crippen molar-refractivity contribution in [1.29, 1.82) is 0 Å². The monoisotopic (exact) mass is 936 g/mol. The van der Waals surface area contributed by atoms with Gasteiger partial charge in [-0.3, -0.25) is 29.1 Å². The van der Waals surface area contributed by atoms with E-state index in [1.54, 1.807) is 42.5 Å². The van der Waals surface area contributed by atoms with Crippen molar-refractivity contribution < 1.29 is 33.0 Å². The number of nitrogens with zero attached hydrogens (tertiary/aromatic N) is 6. The van der Waals surface area contributed by atoms with Crippen molar-refractivity contribution in [2.75, 3.05) is 86.9 Å². The number of fused-ring (bicyclic) bond motifs is 2. The fourth-order valence-electron chi connectivity index (χ4n) is 9.96. The van der Waals surface area contributed by atoms with Crippen molar-refractivity contribution in [3.63, 3.8) is 0 Å². The molecule has 1 unspecified atom stereocenters. The molecule has 2 aromatic heterocycles. The third-order valence-electron chi connectivity index (χ3n) is 14.2. The minimum absolute atomic E-state index is 0.141. The van der Waals surface area contributed by atoms with Gasteiger partial charge in [-0.05, 0) is 123 Å². The van der Waals surface area contributed by atoms with Gasteiger partial charge in [0.05, 0.1) is 36.1 Å². The molecule has 17 heteroatoms. The number of anilines is 4. The number of halogens is 1. The first-order chi connectivity index (χ1) is 33.5. The van der Waals surface area contributed by atoms with Gasteiger partial charge >= 0.3 is 0 Å². The molecule has 69 heavy (non-hydrogen) atoms. The first-order valence-electron chi connectivity index (χ1n) is 23.9. The number of amides is 4. The number of hydrogen-bond acceptors (Lipinski definition) is 12. The second-order valence-electron chi connectivity index (χ2n) is 18.7. The summed E-state index contributed by atoms with van der Waals surface area (Å²) in [4.78, 5) is 70.5. The number of piperazine rings is 1. The third-order valence-corrected chi connectivity index (χ3v) is 14.2. The number of methoxy groups -OCH3 is 1. The molecular weight excluding hydrogens is 880 g/mol. The molecule has 0 radical (unpaired) electrons. The lowest BCUT2D eigenvalue weighted by atomic mass is 9.95. The van der Waals surface area contributed by atoms with Crippen LogP contribution in [0.5, 0.6) is 17.2 Å². The van der Waals surface area contributed by atoms with Crippen LogP contribution >= 0.6 is 0 Å². The number of nitrogens with one attached hydrogen (secondary N) is 4. The lowest BCUT2D eigenvalue weighted by Gasteiger charge is -2.39. The number of benzene rings is 3. The van der Waals surface area contributed by atoms with Gasteiger partial charge in [0, 0.05) is 87.6 Å². The molecule has 4 aliphatic heterocycles. The van der Waals surface area contributed by atoms with Crippen LogP contribution in [-0.4, -0.2) is 120 Å². The Balaban J connectivity index is 0.669. The molecule has 358 valence electrons. The minimum atomic E-state index is -1.17. The zero-order valence-electron chi connectivity index (χ0n) is 38.8. The average molecular weight is 937 g/mol. The normalized spacial score (nSPS) is 19.5. The number of rotatable bonds is 15. The summed E-state index contributed by atoms with van der Waals surface area (Å²) in [6.07, 6.45) is 6.01. The van der Waals surface area contributed by atoms with Crippen LogP contribution in [0, 0.1) is 17.2 Å².